The molecule has 0 heterocycles. The Kier molecular flexibility index (Phi) is 9.19. The second-order valence-electron chi connectivity index (χ2n) is 7.14. The van der Waals surface area contributed by atoms with Crippen molar-refractivity contribution in [2.45, 2.75) is 37.4 Å². The molecule has 31 heavy (non-hydrogen) atoms. The minimum Gasteiger partial charge on any atom is -0.463 e. The predicted molar refractivity (Wildman–Crippen MR) is 117 cm³/mol. The summed E-state index contributed by atoms with van der Waals surface area (Å²) >= 11 is 0. The van der Waals surface area contributed by atoms with E-state index in [1.54, 1.807) is 30.3 Å². The summed E-state index contributed by atoms with van der Waals surface area (Å²) in [6, 6.07) is 8.94. The summed E-state index contributed by atoms with van der Waals surface area (Å²) in [6.45, 7) is 0.741. The van der Waals surface area contributed by atoms with Gasteiger partial charge >= 0.3 is 11.9 Å². The highest BCUT2D eigenvalue weighted by Crippen LogP contribution is 2.31. The molecule has 5 nitrogen and oxygen atoms in total. The first kappa shape index (κ1) is 24.1. The summed E-state index contributed by atoms with van der Waals surface area (Å²) in [6.07, 6.45) is 10.9. The molecule has 0 saturated heterocycles. The molecule has 0 saturated carbocycles. The molecular weight excluding hydrogens is 398 g/mol. The fourth-order valence-electron chi connectivity index (χ4n) is 2.76. The lowest BCUT2D eigenvalue weighted by Gasteiger charge is -2.35. The van der Waals surface area contributed by atoms with Crippen LogP contribution >= 0.6 is 0 Å². The fraction of sp³-hybridized carbons (Fsp3) is 0.292. The average molecular weight is 422 g/mol. The normalized spacial score (nSPS) is 17.5. The highest BCUT2D eigenvalue weighted by molar-refractivity contribution is 6.13. The maximum atomic E-state index is 14.4. The van der Waals surface area contributed by atoms with Crippen LogP contribution in [0.5, 0.6) is 0 Å². The minimum absolute atomic E-state index is 0.00232. The van der Waals surface area contributed by atoms with Gasteiger partial charge in [-0.2, -0.15) is 0 Å². The summed E-state index contributed by atoms with van der Waals surface area (Å²) in [4.78, 5) is 35.2. The van der Waals surface area contributed by atoms with E-state index in [1.807, 2.05) is 24.3 Å². The lowest BCUT2D eigenvalue weighted by atomic mass is 9.72. The lowest BCUT2D eigenvalue weighted by molar-refractivity contribution is -0.162. The summed E-state index contributed by atoms with van der Waals surface area (Å²) in [5.74, 6) is -2.84. The van der Waals surface area contributed by atoms with E-state index in [0.717, 1.165) is 30.1 Å². The van der Waals surface area contributed by atoms with E-state index in [0.29, 0.717) is 0 Å². The second-order valence-corrected chi connectivity index (χ2v) is 7.14. The number of esters is 2. The van der Waals surface area contributed by atoms with E-state index in [-0.39, 0.29) is 6.29 Å². The van der Waals surface area contributed by atoms with Crippen LogP contribution in [0, 0.1) is 0 Å². The Morgan fingerprint density at radius 2 is 1.87 bits per heavy atom. The Balaban J connectivity index is 1.98. The molecule has 1 aliphatic carbocycles. The van der Waals surface area contributed by atoms with Crippen LogP contribution in [0.15, 0.2) is 72.4 Å². The Morgan fingerprint density at radius 1 is 1.16 bits per heavy atom. The molecule has 0 bridgehead atoms. The first-order valence-electron chi connectivity index (χ1n) is 9.87. The van der Waals surface area contributed by atoms with Crippen molar-refractivity contribution in [1.29, 1.82) is 0 Å². The molecule has 1 aromatic carbocycles. The van der Waals surface area contributed by atoms with E-state index < -0.39 is 36.1 Å². The van der Waals surface area contributed by atoms with Crippen LogP contribution in [0.1, 0.15) is 25.3 Å². The van der Waals surface area contributed by atoms with Crippen molar-refractivity contribution in [3.8, 4) is 0 Å². The molecule has 1 aliphatic rings. The van der Waals surface area contributed by atoms with Crippen LogP contribution < -0.4 is 0 Å². The fourth-order valence-corrected chi connectivity index (χ4v) is 2.76. The number of rotatable bonds is 10. The second kappa shape index (κ2) is 11.8. The highest BCUT2D eigenvalue weighted by atomic mass is 19.1. The number of alkyl halides is 1. The van der Waals surface area contributed by atoms with Gasteiger partial charge in [0.25, 0.3) is 0 Å². The summed E-state index contributed by atoms with van der Waals surface area (Å²) < 4.78 is 24.6. The SMILES string of the molecule is [B][C@@H](COC(=O)/C=C/C1=CCCC=C1)[C@@](C)(OC(=O)/C=C/c1ccccc1)[C@H](F)C=O. The van der Waals surface area contributed by atoms with Crippen molar-refractivity contribution in [2.75, 3.05) is 6.61 Å². The summed E-state index contributed by atoms with van der Waals surface area (Å²) in [5.41, 5.74) is -0.402. The monoisotopic (exact) mass is 422 g/mol. The smallest absolute Gasteiger partial charge is 0.331 e. The third-order valence-corrected chi connectivity index (χ3v) is 4.78. The molecule has 0 aromatic heterocycles. The van der Waals surface area contributed by atoms with Crippen molar-refractivity contribution in [2.24, 2.45) is 0 Å². The van der Waals surface area contributed by atoms with Crippen molar-refractivity contribution in [3.63, 3.8) is 0 Å². The molecule has 1 aromatic rings. The van der Waals surface area contributed by atoms with Crippen LogP contribution in [0.2, 0.25) is 5.82 Å². The number of carbonyl (C=O) groups is 3. The van der Waals surface area contributed by atoms with Crippen molar-refractivity contribution in [3.05, 3.63) is 77.9 Å². The Bertz CT molecular complexity index is 890. The van der Waals surface area contributed by atoms with Crippen LogP contribution in [-0.4, -0.2) is 44.5 Å². The predicted octanol–water partition coefficient (Wildman–Crippen LogP) is 3.87. The number of allylic oxidation sites excluding steroid dienone is 5. The van der Waals surface area contributed by atoms with Gasteiger partial charge in [0.2, 0.25) is 0 Å². The molecule has 160 valence electrons. The van der Waals surface area contributed by atoms with E-state index in [2.05, 4.69) is 0 Å². The largest absolute Gasteiger partial charge is 0.463 e. The van der Waals surface area contributed by atoms with Gasteiger partial charge in [-0.3, -0.25) is 4.79 Å². The highest BCUT2D eigenvalue weighted by Gasteiger charge is 2.43. The van der Waals surface area contributed by atoms with E-state index in [1.165, 1.54) is 19.1 Å². The van der Waals surface area contributed by atoms with E-state index in [9.17, 15) is 18.8 Å². The van der Waals surface area contributed by atoms with Crippen molar-refractivity contribution in [1.82, 2.24) is 0 Å². The van der Waals surface area contributed by atoms with Gasteiger partial charge in [-0.1, -0.05) is 48.6 Å². The molecule has 2 rings (SSSR count). The Labute approximate surface area is 182 Å². The molecule has 7 heteroatoms. The van der Waals surface area contributed by atoms with Crippen LogP contribution in [-0.2, 0) is 23.9 Å². The molecule has 0 aliphatic heterocycles. The Morgan fingerprint density at radius 3 is 2.52 bits per heavy atom. The molecule has 2 radical (unpaired) electrons. The van der Waals surface area contributed by atoms with Gasteiger partial charge in [-0.15, -0.1) is 0 Å². The third-order valence-electron chi connectivity index (χ3n) is 4.78. The van der Waals surface area contributed by atoms with Gasteiger partial charge in [0.15, 0.2) is 12.5 Å². The molecule has 3 atom stereocenters. The number of ether oxygens (including phenoxy) is 2. The van der Waals surface area contributed by atoms with Gasteiger partial charge in [-0.05, 0) is 48.9 Å². The molecule has 0 amide bonds. The summed E-state index contributed by atoms with van der Waals surface area (Å²) in [5, 5.41) is 0. The van der Waals surface area contributed by atoms with Gasteiger partial charge in [0, 0.05) is 12.2 Å². The van der Waals surface area contributed by atoms with E-state index in [4.69, 9.17) is 17.3 Å². The number of benzene rings is 1. The maximum absolute atomic E-state index is 14.4. The van der Waals surface area contributed by atoms with Gasteiger partial charge in [0.05, 0.1) is 14.5 Å². The number of hydrogen-bond acceptors (Lipinski definition) is 5. The average Bonchev–Trinajstić information content (AvgIpc) is 2.80. The van der Waals surface area contributed by atoms with Crippen LogP contribution in [0.25, 0.3) is 6.08 Å². The first-order chi connectivity index (χ1) is 14.8. The van der Waals surface area contributed by atoms with Crippen molar-refractivity contribution >= 4 is 32.1 Å². The van der Waals surface area contributed by atoms with Gasteiger partial charge < -0.3 is 9.47 Å². The number of halogens is 1. The zero-order valence-electron chi connectivity index (χ0n) is 17.3. The van der Waals surface area contributed by atoms with Gasteiger partial charge in [0.1, 0.15) is 5.60 Å². The zero-order valence-corrected chi connectivity index (χ0v) is 17.3. The van der Waals surface area contributed by atoms with E-state index >= 15 is 0 Å². The quantitative estimate of drug-likeness (QED) is 0.248. The van der Waals surface area contributed by atoms with Gasteiger partial charge in [-0.25, -0.2) is 14.0 Å². The minimum atomic E-state index is -2.21. The molecular formula is C24H24BFO5. The van der Waals surface area contributed by atoms with Crippen LogP contribution in [0.4, 0.5) is 4.39 Å². The molecule has 0 spiro atoms. The topological polar surface area (TPSA) is 69.7 Å². The lowest BCUT2D eigenvalue weighted by Crippen LogP contribution is -2.47. The maximum Gasteiger partial charge on any atom is 0.331 e. The molecule has 0 unspecified atom stereocenters. The van der Waals surface area contributed by atoms with Crippen molar-refractivity contribution < 1.29 is 28.2 Å². The third kappa shape index (κ3) is 7.52. The summed E-state index contributed by atoms with van der Waals surface area (Å²) in [7, 11) is 5.95. The first-order valence-corrected chi connectivity index (χ1v) is 9.87. The molecule has 0 N–H and O–H groups in total. The van der Waals surface area contributed by atoms with Crippen LogP contribution in [0.3, 0.4) is 0 Å². The number of hydrogen-bond donors (Lipinski definition) is 0. The molecule has 0 fully saturated rings. The Hall–Kier alpha value is -3.22. The number of carbonyl (C=O) groups excluding carboxylic acids is 3. The number of aldehydes is 1. The zero-order chi connectivity index (χ0) is 22.7. The standard InChI is InChI=1S/C24H24BFO5/c1-24(21(26)16-27,31-23(29)15-13-19-10-6-3-7-11-19)20(25)17-30-22(28)14-12-18-8-4-2-5-9-18/h3-4,6-16,20-21H,2,5,17H2,1H3/b14-12+,15-13+/t20-,21+,24+/m0/s1.